The SMILES string of the molecule is COc1cccc2ccccc12.Cc1c(C(=O)O)cccc1C(=O)O. The molecule has 0 spiro atoms. The Balaban J connectivity index is 0.000000181. The molecule has 0 heterocycles. The van der Waals surface area contributed by atoms with Crippen LogP contribution in [-0.4, -0.2) is 29.3 Å². The van der Waals surface area contributed by atoms with Crippen molar-refractivity contribution in [1.82, 2.24) is 0 Å². The summed E-state index contributed by atoms with van der Waals surface area (Å²) in [4.78, 5) is 21.2. The van der Waals surface area contributed by atoms with Gasteiger partial charge in [0.25, 0.3) is 0 Å². The minimum atomic E-state index is -1.11. The lowest BCUT2D eigenvalue weighted by molar-refractivity contribution is 0.0696. The van der Waals surface area contributed by atoms with Gasteiger partial charge >= 0.3 is 11.9 Å². The maximum Gasteiger partial charge on any atom is 0.335 e. The number of aromatic carboxylic acids is 2. The van der Waals surface area contributed by atoms with Crippen LogP contribution in [0.3, 0.4) is 0 Å². The minimum Gasteiger partial charge on any atom is -0.496 e. The van der Waals surface area contributed by atoms with Gasteiger partial charge in [0.1, 0.15) is 5.75 Å². The Morgan fingerprint density at radius 1 is 0.800 bits per heavy atom. The average Bonchev–Trinajstić information content (AvgIpc) is 2.61. The summed E-state index contributed by atoms with van der Waals surface area (Å²) in [6.45, 7) is 1.48. The third kappa shape index (κ3) is 4.14. The van der Waals surface area contributed by atoms with Gasteiger partial charge in [-0.1, -0.05) is 42.5 Å². The molecule has 0 saturated heterocycles. The van der Waals surface area contributed by atoms with Crippen LogP contribution in [0.4, 0.5) is 0 Å². The zero-order valence-electron chi connectivity index (χ0n) is 13.9. The van der Waals surface area contributed by atoms with E-state index in [4.69, 9.17) is 14.9 Å². The van der Waals surface area contributed by atoms with E-state index in [-0.39, 0.29) is 16.7 Å². The molecule has 0 bridgehead atoms. The number of ether oxygens (including phenoxy) is 1. The van der Waals surface area contributed by atoms with Gasteiger partial charge < -0.3 is 14.9 Å². The second kappa shape index (κ2) is 7.97. The van der Waals surface area contributed by atoms with Gasteiger partial charge in [0.05, 0.1) is 18.2 Å². The fourth-order valence-electron chi connectivity index (χ4n) is 2.47. The summed E-state index contributed by atoms with van der Waals surface area (Å²) in [6.07, 6.45) is 0. The second-order valence-corrected chi connectivity index (χ2v) is 5.27. The molecule has 5 heteroatoms. The summed E-state index contributed by atoms with van der Waals surface area (Å²) >= 11 is 0. The van der Waals surface area contributed by atoms with E-state index in [0.29, 0.717) is 0 Å². The van der Waals surface area contributed by atoms with Crippen LogP contribution < -0.4 is 4.74 Å². The number of hydrogen-bond acceptors (Lipinski definition) is 3. The maximum absolute atomic E-state index is 10.6. The van der Waals surface area contributed by atoms with Gasteiger partial charge in [-0.15, -0.1) is 0 Å². The third-order valence-corrected chi connectivity index (χ3v) is 3.76. The van der Waals surface area contributed by atoms with E-state index in [1.165, 1.54) is 35.9 Å². The predicted octanol–water partition coefficient (Wildman–Crippen LogP) is 4.24. The summed E-state index contributed by atoms with van der Waals surface area (Å²) in [5.74, 6) is -1.28. The van der Waals surface area contributed by atoms with Crippen LogP contribution >= 0.6 is 0 Å². The number of carboxylic acids is 2. The molecular formula is C20H18O5. The van der Waals surface area contributed by atoms with Crippen molar-refractivity contribution in [3.8, 4) is 5.75 Å². The topological polar surface area (TPSA) is 83.8 Å². The first-order valence-electron chi connectivity index (χ1n) is 7.53. The molecule has 5 nitrogen and oxygen atoms in total. The molecule has 25 heavy (non-hydrogen) atoms. The lowest BCUT2D eigenvalue weighted by Crippen LogP contribution is -2.06. The van der Waals surface area contributed by atoms with Gasteiger partial charge in [0, 0.05) is 5.39 Å². The van der Waals surface area contributed by atoms with E-state index >= 15 is 0 Å². The Morgan fingerprint density at radius 2 is 1.32 bits per heavy atom. The van der Waals surface area contributed by atoms with Gasteiger partial charge in [-0.25, -0.2) is 9.59 Å². The summed E-state index contributed by atoms with van der Waals surface area (Å²) in [6, 6.07) is 18.4. The van der Waals surface area contributed by atoms with E-state index < -0.39 is 11.9 Å². The molecular weight excluding hydrogens is 320 g/mol. The molecule has 0 fully saturated rings. The number of hydrogen-bond donors (Lipinski definition) is 2. The van der Waals surface area contributed by atoms with Crippen molar-refractivity contribution in [1.29, 1.82) is 0 Å². The van der Waals surface area contributed by atoms with Crippen molar-refractivity contribution < 1.29 is 24.5 Å². The molecule has 0 amide bonds. The first-order valence-corrected chi connectivity index (χ1v) is 7.53. The monoisotopic (exact) mass is 338 g/mol. The van der Waals surface area contributed by atoms with Crippen molar-refractivity contribution in [2.24, 2.45) is 0 Å². The summed E-state index contributed by atoms with van der Waals surface area (Å²) in [5, 5.41) is 19.7. The smallest absolute Gasteiger partial charge is 0.335 e. The maximum atomic E-state index is 10.6. The van der Waals surface area contributed by atoms with Crippen molar-refractivity contribution in [2.75, 3.05) is 7.11 Å². The first kappa shape index (κ1) is 18.0. The number of carbonyl (C=O) groups is 2. The Kier molecular flexibility index (Phi) is 5.74. The van der Waals surface area contributed by atoms with E-state index in [0.717, 1.165) is 5.75 Å². The van der Waals surface area contributed by atoms with Crippen molar-refractivity contribution >= 4 is 22.7 Å². The number of fused-ring (bicyclic) bond motifs is 1. The number of rotatable bonds is 3. The van der Waals surface area contributed by atoms with Crippen LogP contribution in [0.1, 0.15) is 26.3 Å². The zero-order valence-corrected chi connectivity index (χ0v) is 13.9. The average molecular weight is 338 g/mol. The number of carboxylic acid groups (broad SMARTS) is 2. The lowest BCUT2D eigenvalue weighted by atomic mass is 10.0. The molecule has 3 aromatic rings. The largest absolute Gasteiger partial charge is 0.496 e. The highest BCUT2D eigenvalue weighted by Gasteiger charge is 2.13. The second-order valence-electron chi connectivity index (χ2n) is 5.27. The fourth-order valence-corrected chi connectivity index (χ4v) is 2.47. The number of methoxy groups -OCH3 is 1. The van der Waals surface area contributed by atoms with Crippen LogP contribution in [0.25, 0.3) is 10.8 Å². The highest BCUT2D eigenvalue weighted by molar-refractivity contribution is 5.96. The van der Waals surface area contributed by atoms with Gasteiger partial charge in [-0.05, 0) is 36.1 Å². The molecule has 2 N–H and O–H groups in total. The summed E-state index contributed by atoms with van der Waals surface area (Å²) in [7, 11) is 1.70. The quantitative estimate of drug-likeness (QED) is 0.746. The molecule has 0 atom stereocenters. The number of benzene rings is 3. The van der Waals surface area contributed by atoms with Gasteiger partial charge in [0.2, 0.25) is 0 Å². The molecule has 0 saturated carbocycles. The van der Waals surface area contributed by atoms with Crippen molar-refractivity contribution in [2.45, 2.75) is 6.92 Å². The zero-order chi connectivity index (χ0) is 18.4. The van der Waals surface area contributed by atoms with E-state index in [1.807, 2.05) is 24.3 Å². The molecule has 128 valence electrons. The van der Waals surface area contributed by atoms with Crippen molar-refractivity contribution in [3.63, 3.8) is 0 Å². The van der Waals surface area contributed by atoms with E-state index in [2.05, 4.69) is 18.2 Å². The van der Waals surface area contributed by atoms with E-state index in [9.17, 15) is 9.59 Å². The summed E-state index contributed by atoms with van der Waals surface area (Å²) in [5.41, 5.74) is 0.335. The van der Waals surface area contributed by atoms with Gasteiger partial charge in [-0.3, -0.25) is 0 Å². The van der Waals surface area contributed by atoms with Gasteiger partial charge in [0.15, 0.2) is 0 Å². The molecule has 3 aromatic carbocycles. The van der Waals surface area contributed by atoms with Crippen LogP contribution in [0, 0.1) is 6.92 Å². The summed E-state index contributed by atoms with van der Waals surface area (Å²) < 4.78 is 5.23. The molecule has 0 radical (unpaired) electrons. The Bertz CT molecular complexity index is 877. The predicted molar refractivity (Wildman–Crippen MR) is 95.6 cm³/mol. The molecule has 0 aliphatic heterocycles. The molecule has 0 aliphatic rings. The van der Waals surface area contributed by atoms with Crippen LogP contribution in [0.5, 0.6) is 5.75 Å². The highest BCUT2D eigenvalue weighted by atomic mass is 16.5. The van der Waals surface area contributed by atoms with Crippen LogP contribution in [0.15, 0.2) is 60.7 Å². The van der Waals surface area contributed by atoms with Crippen LogP contribution in [-0.2, 0) is 0 Å². The lowest BCUT2D eigenvalue weighted by Gasteiger charge is -2.03. The Morgan fingerprint density at radius 3 is 1.88 bits per heavy atom. The molecule has 0 aliphatic carbocycles. The third-order valence-electron chi connectivity index (χ3n) is 3.76. The highest BCUT2D eigenvalue weighted by Crippen LogP contribution is 2.24. The molecule has 3 rings (SSSR count). The minimum absolute atomic E-state index is 0.0277. The first-order chi connectivity index (χ1) is 12.0. The van der Waals surface area contributed by atoms with Crippen molar-refractivity contribution in [3.05, 3.63) is 77.4 Å². The Labute approximate surface area is 145 Å². The standard InChI is InChI=1S/C11H10O.C9H8O4/c1-12-11-8-4-6-9-5-2-3-7-10(9)11;1-5-6(8(10)11)3-2-4-7(5)9(12)13/h2-8H,1H3;2-4H,1H3,(H,10,11)(H,12,13). The molecule has 0 unspecified atom stereocenters. The Hall–Kier alpha value is -3.34. The molecule has 0 aromatic heterocycles. The van der Waals surface area contributed by atoms with E-state index in [1.54, 1.807) is 7.11 Å². The normalized spacial score (nSPS) is 9.84. The fraction of sp³-hybridized carbons (Fsp3) is 0.100. The van der Waals surface area contributed by atoms with Crippen LogP contribution in [0.2, 0.25) is 0 Å². The van der Waals surface area contributed by atoms with Gasteiger partial charge in [-0.2, -0.15) is 0 Å².